The lowest BCUT2D eigenvalue weighted by Crippen LogP contribution is -2.14. The van der Waals surface area contributed by atoms with Gasteiger partial charge >= 0.3 is 0 Å². The number of halogens is 2. The van der Waals surface area contributed by atoms with E-state index < -0.39 is 0 Å². The van der Waals surface area contributed by atoms with Crippen LogP contribution in [0.4, 0.5) is 11.5 Å². The molecule has 3 rings (SSSR count). The Balaban J connectivity index is 1.82. The van der Waals surface area contributed by atoms with Gasteiger partial charge < -0.3 is 10.6 Å². The van der Waals surface area contributed by atoms with Crippen molar-refractivity contribution in [2.75, 3.05) is 17.2 Å². The van der Waals surface area contributed by atoms with E-state index >= 15 is 0 Å². The van der Waals surface area contributed by atoms with E-state index in [1.54, 1.807) is 0 Å². The average Bonchev–Trinajstić information content (AvgIpc) is 2.89. The molecule has 0 atom stereocenters. The lowest BCUT2D eigenvalue weighted by atomic mass is 10.1. The number of hydrogen-bond acceptors (Lipinski definition) is 4. The third-order valence-corrected chi connectivity index (χ3v) is 3.95. The molecule has 0 radical (unpaired) electrons. The molecular weight excluding hydrogens is 388 g/mol. The van der Waals surface area contributed by atoms with Crippen molar-refractivity contribution in [2.24, 2.45) is 0 Å². The van der Waals surface area contributed by atoms with Crippen molar-refractivity contribution in [2.45, 2.75) is 6.42 Å². The van der Waals surface area contributed by atoms with E-state index in [1.807, 2.05) is 18.2 Å². The number of aromatic nitrogens is 2. The highest BCUT2D eigenvalue weighted by Gasteiger charge is 2.15. The Morgan fingerprint density at radius 3 is 3.00 bits per heavy atom. The summed E-state index contributed by atoms with van der Waals surface area (Å²) < 4.78 is 1.09. The summed E-state index contributed by atoms with van der Waals surface area (Å²) in [5.41, 5.74) is 2.86. The van der Waals surface area contributed by atoms with Crippen LogP contribution in [0, 0.1) is 0 Å². The summed E-state index contributed by atoms with van der Waals surface area (Å²) >= 11 is 6.48. The van der Waals surface area contributed by atoms with Crippen molar-refractivity contribution in [3.63, 3.8) is 0 Å². The maximum atomic E-state index is 12.2. The molecule has 2 aromatic rings. The first-order valence-corrected chi connectivity index (χ1v) is 7.58. The summed E-state index contributed by atoms with van der Waals surface area (Å²) in [5.74, 6) is 0.186. The average molecular weight is 398 g/mol. The molecule has 1 aromatic carbocycles. The first-order chi connectivity index (χ1) is 9.63. The van der Waals surface area contributed by atoms with Crippen molar-refractivity contribution < 1.29 is 4.79 Å². The molecule has 5 nitrogen and oxygen atoms in total. The van der Waals surface area contributed by atoms with Crippen molar-refractivity contribution in [3.05, 3.63) is 44.7 Å². The van der Waals surface area contributed by atoms with E-state index in [9.17, 15) is 4.79 Å². The van der Waals surface area contributed by atoms with Crippen molar-refractivity contribution in [3.8, 4) is 0 Å². The second-order valence-electron chi connectivity index (χ2n) is 4.33. The van der Waals surface area contributed by atoms with E-state index in [0.29, 0.717) is 20.6 Å². The van der Waals surface area contributed by atoms with Gasteiger partial charge in [-0.3, -0.25) is 4.79 Å². The van der Waals surface area contributed by atoms with Crippen LogP contribution in [0.5, 0.6) is 0 Å². The first-order valence-electron chi connectivity index (χ1n) is 5.99. The molecule has 1 aromatic heterocycles. The van der Waals surface area contributed by atoms with Gasteiger partial charge in [0, 0.05) is 17.8 Å². The highest BCUT2D eigenvalue weighted by Crippen LogP contribution is 2.24. The van der Waals surface area contributed by atoms with Gasteiger partial charge in [0.05, 0.1) is 6.20 Å². The molecule has 0 saturated carbocycles. The number of hydrogen-bond donors (Lipinski definition) is 2. The van der Waals surface area contributed by atoms with Gasteiger partial charge in [0.1, 0.15) is 9.21 Å². The van der Waals surface area contributed by atoms with Gasteiger partial charge in [-0.15, -0.1) is 0 Å². The molecule has 0 spiro atoms. The Labute approximate surface area is 132 Å². The smallest absolute Gasteiger partial charge is 0.256 e. The van der Waals surface area contributed by atoms with Crippen LogP contribution in [0.15, 0.2) is 33.6 Å². The fraction of sp³-hybridized carbons (Fsp3) is 0.154. The van der Waals surface area contributed by atoms with E-state index in [2.05, 4.69) is 52.5 Å². The molecule has 2 heterocycles. The molecule has 2 N–H and O–H groups in total. The molecule has 7 heteroatoms. The monoisotopic (exact) mass is 396 g/mol. The van der Waals surface area contributed by atoms with Gasteiger partial charge in [-0.05, 0) is 56.0 Å². The zero-order chi connectivity index (χ0) is 14.1. The molecule has 20 heavy (non-hydrogen) atoms. The van der Waals surface area contributed by atoms with Crippen LogP contribution in [0.1, 0.15) is 15.9 Å². The zero-order valence-corrected chi connectivity index (χ0v) is 13.5. The molecule has 0 bridgehead atoms. The molecule has 0 fully saturated rings. The predicted octanol–water partition coefficient (Wildman–Crippen LogP) is 3.22. The number of nitrogens with one attached hydrogen (secondary N) is 2. The maximum Gasteiger partial charge on any atom is 0.256 e. The van der Waals surface area contributed by atoms with Gasteiger partial charge in [0.2, 0.25) is 0 Å². The van der Waals surface area contributed by atoms with Crippen molar-refractivity contribution >= 4 is 49.3 Å². The van der Waals surface area contributed by atoms with Crippen LogP contribution >= 0.6 is 31.9 Å². The standard InChI is InChI=1S/C13H10Br2N4O/c14-10-6-17-12(11(15)18-10)19-13(20)8-2-1-7-3-4-16-9(7)5-8/h1-2,5-6,16H,3-4H2,(H,17,19,20). The van der Waals surface area contributed by atoms with Crippen LogP contribution in [0.3, 0.4) is 0 Å². The largest absolute Gasteiger partial charge is 0.384 e. The second-order valence-corrected chi connectivity index (χ2v) is 5.90. The maximum absolute atomic E-state index is 12.2. The van der Waals surface area contributed by atoms with Crippen LogP contribution in [0.25, 0.3) is 0 Å². The second kappa shape index (κ2) is 5.49. The molecule has 102 valence electrons. The first kappa shape index (κ1) is 13.5. The van der Waals surface area contributed by atoms with Crippen LogP contribution in [0.2, 0.25) is 0 Å². The molecule has 1 aliphatic heterocycles. The zero-order valence-electron chi connectivity index (χ0n) is 10.3. The molecule has 0 unspecified atom stereocenters. The molecular formula is C13H10Br2N4O. The Bertz CT molecular complexity index is 690. The van der Waals surface area contributed by atoms with Gasteiger partial charge in [-0.2, -0.15) is 0 Å². The number of anilines is 2. The lowest BCUT2D eigenvalue weighted by Gasteiger charge is -2.07. The number of rotatable bonds is 2. The fourth-order valence-corrected chi connectivity index (χ4v) is 2.95. The summed E-state index contributed by atoms with van der Waals surface area (Å²) in [6.45, 7) is 0.921. The van der Waals surface area contributed by atoms with Crippen LogP contribution in [-0.2, 0) is 6.42 Å². The summed E-state index contributed by atoms with van der Waals surface area (Å²) in [6, 6.07) is 5.66. The minimum atomic E-state index is -0.209. The van der Waals surface area contributed by atoms with Gasteiger partial charge in [-0.1, -0.05) is 6.07 Å². The Morgan fingerprint density at radius 1 is 1.35 bits per heavy atom. The van der Waals surface area contributed by atoms with Gasteiger partial charge in [-0.25, -0.2) is 9.97 Å². The van der Waals surface area contributed by atoms with Crippen LogP contribution in [-0.4, -0.2) is 22.4 Å². The molecule has 0 aliphatic carbocycles. The Kier molecular flexibility index (Phi) is 3.71. The minimum absolute atomic E-state index is 0.209. The number of amides is 1. The quantitative estimate of drug-likeness (QED) is 0.816. The van der Waals surface area contributed by atoms with Crippen molar-refractivity contribution in [1.29, 1.82) is 0 Å². The van der Waals surface area contributed by atoms with E-state index in [1.165, 1.54) is 11.8 Å². The third-order valence-electron chi connectivity index (χ3n) is 3.01. The van der Waals surface area contributed by atoms with Gasteiger partial charge in [0.25, 0.3) is 5.91 Å². The summed E-state index contributed by atoms with van der Waals surface area (Å²) in [5, 5.41) is 5.99. The van der Waals surface area contributed by atoms with E-state index in [-0.39, 0.29) is 5.91 Å². The number of benzene rings is 1. The molecule has 0 saturated heterocycles. The summed E-state index contributed by atoms with van der Waals surface area (Å²) in [6.07, 6.45) is 2.53. The lowest BCUT2D eigenvalue weighted by molar-refractivity contribution is 0.102. The third kappa shape index (κ3) is 2.69. The summed E-state index contributed by atoms with van der Waals surface area (Å²) in [4.78, 5) is 20.4. The normalized spacial score (nSPS) is 12.7. The number of carbonyl (C=O) groups is 1. The van der Waals surface area contributed by atoms with E-state index in [4.69, 9.17) is 0 Å². The highest BCUT2D eigenvalue weighted by atomic mass is 79.9. The fourth-order valence-electron chi connectivity index (χ4n) is 2.04. The summed E-state index contributed by atoms with van der Waals surface area (Å²) in [7, 11) is 0. The van der Waals surface area contributed by atoms with E-state index in [0.717, 1.165) is 18.7 Å². The Morgan fingerprint density at radius 2 is 2.20 bits per heavy atom. The number of fused-ring (bicyclic) bond motifs is 1. The Hall–Kier alpha value is -1.47. The topological polar surface area (TPSA) is 66.9 Å². The van der Waals surface area contributed by atoms with Crippen LogP contribution < -0.4 is 10.6 Å². The molecule has 1 aliphatic rings. The highest BCUT2D eigenvalue weighted by molar-refractivity contribution is 9.11. The van der Waals surface area contributed by atoms with Gasteiger partial charge in [0.15, 0.2) is 5.82 Å². The number of carbonyl (C=O) groups excluding carboxylic acids is 1. The number of nitrogens with zero attached hydrogens (tertiary/aromatic N) is 2. The molecule has 1 amide bonds. The van der Waals surface area contributed by atoms with Crippen molar-refractivity contribution in [1.82, 2.24) is 9.97 Å². The predicted molar refractivity (Wildman–Crippen MR) is 84.0 cm³/mol. The SMILES string of the molecule is O=C(Nc1ncc(Br)nc1Br)c1ccc2c(c1)NCC2. The minimum Gasteiger partial charge on any atom is -0.384 e.